The summed E-state index contributed by atoms with van der Waals surface area (Å²) in [6.45, 7) is 0. The molecule has 0 atom stereocenters. The summed E-state index contributed by atoms with van der Waals surface area (Å²) in [6.07, 6.45) is 6.68. The molecular weight excluding hydrogens is 232 g/mol. The molecule has 0 fully saturated rings. The monoisotopic (exact) mass is 238 g/mol. The van der Waals surface area contributed by atoms with Gasteiger partial charge in [0.15, 0.2) is 0 Å². The van der Waals surface area contributed by atoms with Crippen molar-refractivity contribution in [1.82, 2.24) is 4.98 Å². The van der Waals surface area contributed by atoms with Crippen molar-refractivity contribution in [2.45, 2.75) is 6.42 Å². The number of halogens is 1. The third kappa shape index (κ3) is 2.88. The Bertz CT molecular complexity index is 357. The van der Waals surface area contributed by atoms with Crippen LogP contribution in [0.5, 0.6) is 0 Å². The molecule has 1 rings (SSSR count). The molecule has 1 heterocycles. The highest BCUT2D eigenvalue weighted by molar-refractivity contribution is 9.10. The lowest BCUT2D eigenvalue weighted by Gasteiger charge is -2.03. The lowest BCUT2D eigenvalue weighted by atomic mass is 10.3. The number of carbonyl (C=O) groups is 1. The van der Waals surface area contributed by atoms with Gasteiger partial charge in [0.2, 0.25) is 5.91 Å². The van der Waals surface area contributed by atoms with Crippen molar-refractivity contribution in [3.8, 4) is 12.3 Å². The smallest absolute Gasteiger partial charge is 0.236 e. The van der Waals surface area contributed by atoms with Crippen LogP contribution in [-0.4, -0.2) is 10.9 Å². The van der Waals surface area contributed by atoms with Crippen LogP contribution in [-0.2, 0) is 4.79 Å². The summed E-state index contributed by atoms with van der Waals surface area (Å²) >= 11 is 3.20. The van der Waals surface area contributed by atoms with E-state index >= 15 is 0 Å². The molecule has 0 spiro atoms. The van der Waals surface area contributed by atoms with Gasteiger partial charge in [-0.05, 0) is 28.1 Å². The Balaban J connectivity index is 2.70. The minimum atomic E-state index is -0.212. The fraction of sp³-hybridized carbons (Fsp3) is 0.111. The van der Waals surface area contributed by atoms with Gasteiger partial charge in [-0.25, -0.2) is 4.98 Å². The zero-order valence-electron chi connectivity index (χ0n) is 6.75. The van der Waals surface area contributed by atoms with Crippen LogP contribution in [0.25, 0.3) is 0 Å². The second-order valence-electron chi connectivity index (χ2n) is 2.27. The maximum absolute atomic E-state index is 11.1. The standard InChI is InChI=1S/C9H7BrN2O/c1-2-4-8(13)12-7-5-3-6-11-9(7)10/h1,3,5-6H,4H2,(H,12,13). The minimum absolute atomic E-state index is 0.0708. The summed E-state index contributed by atoms with van der Waals surface area (Å²) in [5, 5.41) is 2.62. The second-order valence-corrected chi connectivity index (χ2v) is 3.02. The first-order valence-corrected chi connectivity index (χ1v) is 4.37. The first-order valence-electron chi connectivity index (χ1n) is 3.58. The summed E-state index contributed by atoms with van der Waals surface area (Å²) in [6, 6.07) is 3.47. The van der Waals surface area contributed by atoms with Gasteiger partial charge in [-0.2, -0.15) is 0 Å². The number of hydrogen-bond donors (Lipinski definition) is 1. The van der Waals surface area contributed by atoms with Gasteiger partial charge < -0.3 is 5.32 Å². The molecule has 1 N–H and O–H groups in total. The fourth-order valence-electron chi connectivity index (χ4n) is 0.766. The molecule has 0 aromatic carbocycles. The Morgan fingerprint density at radius 1 is 1.77 bits per heavy atom. The van der Waals surface area contributed by atoms with Gasteiger partial charge in [-0.3, -0.25) is 4.79 Å². The van der Waals surface area contributed by atoms with Crippen LogP contribution >= 0.6 is 15.9 Å². The minimum Gasteiger partial charge on any atom is -0.323 e. The highest BCUT2D eigenvalue weighted by Crippen LogP contribution is 2.17. The molecule has 13 heavy (non-hydrogen) atoms. The summed E-state index contributed by atoms with van der Waals surface area (Å²) < 4.78 is 0.598. The van der Waals surface area contributed by atoms with Crippen molar-refractivity contribution in [1.29, 1.82) is 0 Å². The third-order valence-corrected chi connectivity index (χ3v) is 1.93. The van der Waals surface area contributed by atoms with Crippen LogP contribution in [0.1, 0.15) is 6.42 Å². The van der Waals surface area contributed by atoms with E-state index in [0.717, 1.165) is 0 Å². The highest BCUT2D eigenvalue weighted by atomic mass is 79.9. The Morgan fingerprint density at radius 2 is 2.54 bits per heavy atom. The zero-order chi connectivity index (χ0) is 9.68. The fourth-order valence-corrected chi connectivity index (χ4v) is 1.12. The lowest BCUT2D eigenvalue weighted by Crippen LogP contribution is -2.10. The van der Waals surface area contributed by atoms with Gasteiger partial charge >= 0.3 is 0 Å². The molecule has 1 aromatic heterocycles. The molecule has 0 aliphatic heterocycles. The largest absolute Gasteiger partial charge is 0.323 e. The predicted molar refractivity (Wildman–Crippen MR) is 54.0 cm³/mol. The van der Waals surface area contributed by atoms with Crippen molar-refractivity contribution in [2.24, 2.45) is 0 Å². The van der Waals surface area contributed by atoms with Gasteiger partial charge in [-0.1, -0.05) is 5.92 Å². The zero-order valence-corrected chi connectivity index (χ0v) is 8.34. The van der Waals surface area contributed by atoms with Crippen LogP contribution in [0.15, 0.2) is 22.9 Å². The number of anilines is 1. The van der Waals surface area contributed by atoms with E-state index in [1.165, 1.54) is 0 Å². The number of amides is 1. The van der Waals surface area contributed by atoms with Crippen LogP contribution in [0.2, 0.25) is 0 Å². The van der Waals surface area contributed by atoms with E-state index < -0.39 is 0 Å². The van der Waals surface area contributed by atoms with Gasteiger partial charge in [0, 0.05) is 6.20 Å². The molecule has 0 radical (unpaired) electrons. The molecule has 0 saturated heterocycles. The molecule has 0 unspecified atom stereocenters. The second kappa shape index (κ2) is 4.63. The lowest BCUT2D eigenvalue weighted by molar-refractivity contribution is -0.115. The number of aromatic nitrogens is 1. The molecule has 0 bridgehead atoms. The van der Waals surface area contributed by atoms with Crippen LogP contribution in [0, 0.1) is 12.3 Å². The van der Waals surface area contributed by atoms with E-state index in [2.05, 4.69) is 32.2 Å². The third-order valence-electron chi connectivity index (χ3n) is 1.30. The summed E-state index contributed by atoms with van der Waals surface area (Å²) in [7, 11) is 0. The van der Waals surface area contributed by atoms with Crippen molar-refractivity contribution in [3.63, 3.8) is 0 Å². The van der Waals surface area contributed by atoms with Gasteiger partial charge in [0.1, 0.15) is 4.60 Å². The Kier molecular flexibility index (Phi) is 3.47. The predicted octanol–water partition coefficient (Wildman–Crippen LogP) is 1.81. The number of pyridine rings is 1. The maximum atomic E-state index is 11.1. The number of rotatable bonds is 2. The van der Waals surface area contributed by atoms with E-state index in [4.69, 9.17) is 6.42 Å². The summed E-state index contributed by atoms with van der Waals surface area (Å²) in [5.41, 5.74) is 0.628. The molecule has 4 heteroatoms. The van der Waals surface area contributed by atoms with Gasteiger partial charge in [0.05, 0.1) is 12.1 Å². The molecule has 0 saturated carbocycles. The number of nitrogens with one attached hydrogen (secondary N) is 1. The topological polar surface area (TPSA) is 42.0 Å². The SMILES string of the molecule is C#CCC(=O)Nc1cccnc1Br. The molecule has 0 aliphatic carbocycles. The van der Waals surface area contributed by atoms with E-state index in [0.29, 0.717) is 10.3 Å². The molecule has 1 amide bonds. The number of hydrogen-bond acceptors (Lipinski definition) is 2. The van der Waals surface area contributed by atoms with E-state index in [-0.39, 0.29) is 12.3 Å². The first kappa shape index (κ1) is 9.75. The van der Waals surface area contributed by atoms with Crippen LogP contribution < -0.4 is 5.32 Å². The average Bonchev–Trinajstić information content (AvgIpc) is 2.09. The molecule has 3 nitrogen and oxygen atoms in total. The quantitative estimate of drug-likeness (QED) is 0.631. The van der Waals surface area contributed by atoms with Gasteiger partial charge in [-0.15, -0.1) is 6.42 Å². The average molecular weight is 239 g/mol. The van der Waals surface area contributed by atoms with Crippen LogP contribution in [0.3, 0.4) is 0 Å². The number of terminal acetylenes is 1. The molecule has 66 valence electrons. The summed E-state index contributed by atoms with van der Waals surface area (Å²) in [4.78, 5) is 15.0. The molecule has 1 aromatic rings. The van der Waals surface area contributed by atoms with E-state index in [1.54, 1.807) is 18.3 Å². The number of carbonyl (C=O) groups excluding carboxylic acids is 1. The Morgan fingerprint density at radius 3 is 3.15 bits per heavy atom. The maximum Gasteiger partial charge on any atom is 0.236 e. The molecular formula is C9H7BrN2O. The van der Waals surface area contributed by atoms with Crippen LogP contribution in [0.4, 0.5) is 5.69 Å². The van der Waals surface area contributed by atoms with Gasteiger partial charge in [0.25, 0.3) is 0 Å². The Labute approximate surface area is 84.7 Å². The first-order chi connectivity index (χ1) is 6.24. The van der Waals surface area contributed by atoms with E-state index in [9.17, 15) is 4.79 Å². The van der Waals surface area contributed by atoms with Crippen molar-refractivity contribution < 1.29 is 4.79 Å². The Hall–Kier alpha value is -1.34. The highest BCUT2D eigenvalue weighted by Gasteiger charge is 2.03. The van der Waals surface area contributed by atoms with E-state index in [1.807, 2.05) is 0 Å². The number of nitrogens with zero attached hydrogens (tertiary/aromatic N) is 1. The van der Waals surface area contributed by atoms with Crippen molar-refractivity contribution >= 4 is 27.5 Å². The normalized spacial score (nSPS) is 8.92. The molecule has 0 aliphatic rings. The summed E-state index contributed by atoms with van der Waals surface area (Å²) in [5.74, 6) is 2.05. The van der Waals surface area contributed by atoms with Crippen molar-refractivity contribution in [3.05, 3.63) is 22.9 Å². The van der Waals surface area contributed by atoms with Crippen molar-refractivity contribution in [2.75, 3.05) is 5.32 Å².